The molecule has 2 amide bonds. The number of hydrogen-bond donors (Lipinski definition) is 1. The standard InChI is InChI=1S/C34H31FN6O4S2/c1-21-7-4-8-22(17-21)33(43)36-19-30-37-38-34(40(30)24-14-12-23(35)13-15-24)47-20-31(42)41-27(18-26(39-41)29-11-6-16-46-29)25-9-5-10-28(44-2)32(25)45-3/h4-17,27H,18-20H2,1-3H3,(H,36,43)/t27-/m0/s1. The number of hydrazone groups is 1. The summed E-state index contributed by atoms with van der Waals surface area (Å²) < 4.78 is 26.8. The number of aryl methyl sites for hydroxylation is 1. The van der Waals surface area contributed by atoms with Crippen molar-refractivity contribution < 1.29 is 23.5 Å². The topological polar surface area (TPSA) is 111 Å². The molecule has 3 heterocycles. The number of thioether (sulfide) groups is 1. The van der Waals surface area contributed by atoms with Crippen molar-refractivity contribution in [1.29, 1.82) is 0 Å². The van der Waals surface area contributed by atoms with Gasteiger partial charge in [0.25, 0.3) is 11.8 Å². The minimum atomic E-state index is -0.424. The van der Waals surface area contributed by atoms with E-state index < -0.39 is 11.9 Å². The third-order valence-corrected chi connectivity index (χ3v) is 9.39. The van der Waals surface area contributed by atoms with Crippen LogP contribution in [0.15, 0.2) is 94.5 Å². The van der Waals surface area contributed by atoms with Gasteiger partial charge in [-0.05, 0) is 60.8 Å². The van der Waals surface area contributed by atoms with Crippen molar-refractivity contribution in [2.45, 2.75) is 31.1 Å². The second-order valence-corrected chi connectivity index (χ2v) is 12.5. The molecule has 240 valence electrons. The minimum absolute atomic E-state index is 0.0149. The number of ether oxygens (including phenoxy) is 2. The number of para-hydroxylation sites is 1. The number of carbonyl (C=O) groups is 2. The molecule has 1 aliphatic rings. The van der Waals surface area contributed by atoms with Crippen molar-refractivity contribution in [3.05, 3.63) is 117 Å². The molecule has 5 aromatic rings. The Morgan fingerprint density at radius 1 is 1.02 bits per heavy atom. The number of methoxy groups -OCH3 is 2. The van der Waals surface area contributed by atoms with Crippen molar-refractivity contribution in [3.63, 3.8) is 0 Å². The Balaban J connectivity index is 1.26. The van der Waals surface area contributed by atoms with Crippen LogP contribution >= 0.6 is 23.1 Å². The van der Waals surface area contributed by atoms with E-state index in [2.05, 4.69) is 15.5 Å². The molecule has 1 atom stereocenters. The smallest absolute Gasteiger partial charge is 0.253 e. The monoisotopic (exact) mass is 670 g/mol. The predicted molar refractivity (Wildman–Crippen MR) is 179 cm³/mol. The fourth-order valence-electron chi connectivity index (χ4n) is 5.35. The van der Waals surface area contributed by atoms with Crippen molar-refractivity contribution in [2.75, 3.05) is 20.0 Å². The average molecular weight is 671 g/mol. The predicted octanol–water partition coefficient (Wildman–Crippen LogP) is 6.19. The third-order valence-electron chi connectivity index (χ3n) is 7.56. The first-order valence-corrected chi connectivity index (χ1v) is 16.5. The van der Waals surface area contributed by atoms with Gasteiger partial charge < -0.3 is 14.8 Å². The van der Waals surface area contributed by atoms with Crippen molar-refractivity contribution in [3.8, 4) is 17.2 Å². The summed E-state index contributed by atoms with van der Waals surface area (Å²) in [5.41, 5.74) is 3.65. The van der Waals surface area contributed by atoms with Crippen molar-refractivity contribution in [1.82, 2.24) is 25.1 Å². The first-order chi connectivity index (χ1) is 22.9. The zero-order valence-electron chi connectivity index (χ0n) is 25.8. The van der Waals surface area contributed by atoms with E-state index in [1.807, 2.05) is 54.8 Å². The minimum Gasteiger partial charge on any atom is -0.493 e. The first-order valence-electron chi connectivity index (χ1n) is 14.7. The Morgan fingerprint density at radius 2 is 1.83 bits per heavy atom. The van der Waals surface area contributed by atoms with E-state index in [1.165, 1.54) is 28.9 Å². The SMILES string of the molecule is COc1cccc([C@@H]2CC(c3cccs3)=NN2C(=O)CSc2nnc(CNC(=O)c3cccc(C)c3)n2-c2ccc(F)cc2)c1OC. The van der Waals surface area contributed by atoms with Gasteiger partial charge in [-0.3, -0.25) is 14.2 Å². The summed E-state index contributed by atoms with van der Waals surface area (Å²) in [7, 11) is 3.14. The molecule has 0 radical (unpaired) electrons. The van der Waals surface area contributed by atoms with Crippen LogP contribution in [0.3, 0.4) is 0 Å². The second kappa shape index (κ2) is 14.2. The first kappa shape index (κ1) is 32.0. The molecule has 0 fully saturated rings. The lowest BCUT2D eigenvalue weighted by atomic mass is 9.99. The maximum absolute atomic E-state index is 13.9. The van der Waals surface area contributed by atoms with Crippen LogP contribution in [-0.2, 0) is 11.3 Å². The Labute approximate surface area is 279 Å². The van der Waals surface area contributed by atoms with E-state index in [4.69, 9.17) is 14.6 Å². The van der Waals surface area contributed by atoms with Crippen LogP contribution in [0.2, 0.25) is 0 Å². The highest BCUT2D eigenvalue weighted by Gasteiger charge is 2.36. The maximum Gasteiger partial charge on any atom is 0.253 e. The number of hydrogen-bond acceptors (Lipinski definition) is 9. The summed E-state index contributed by atoms with van der Waals surface area (Å²) in [5.74, 6) is 0.600. The van der Waals surface area contributed by atoms with E-state index in [9.17, 15) is 14.0 Å². The normalized spacial score (nSPS) is 14.2. The summed E-state index contributed by atoms with van der Waals surface area (Å²) >= 11 is 2.74. The molecule has 1 N–H and O–H groups in total. The maximum atomic E-state index is 13.9. The highest BCUT2D eigenvalue weighted by atomic mass is 32.2. The molecular formula is C34H31FN6O4S2. The molecule has 6 rings (SSSR count). The Bertz CT molecular complexity index is 1930. The van der Waals surface area contributed by atoms with Crippen LogP contribution in [0, 0.1) is 12.7 Å². The van der Waals surface area contributed by atoms with Gasteiger partial charge >= 0.3 is 0 Å². The molecule has 0 spiro atoms. The van der Waals surface area contributed by atoms with Gasteiger partial charge in [-0.2, -0.15) is 5.10 Å². The van der Waals surface area contributed by atoms with E-state index in [1.54, 1.807) is 54.4 Å². The van der Waals surface area contributed by atoms with Crippen LogP contribution in [-0.4, -0.2) is 57.3 Å². The molecule has 0 unspecified atom stereocenters. The lowest BCUT2D eigenvalue weighted by Crippen LogP contribution is -2.29. The number of amides is 2. The third kappa shape index (κ3) is 6.91. The Morgan fingerprint density at radius 3 is 2.55 bits per heavy atom. The average Bonchev–Trinajstić information content (AvgIpc) is 3.86. The highest BCUT2D eigenvalue weighted by molar-refractivity contribution is 7.99. The molecule has 10 nitrogen and oxygen atoms in total. The summed E-state index contributed by atoms with van der Waals surface area (Å²) in [5, 5.41) is 20.2. The van der Waals surface area contributed by atoms with Crippen LogP contribution in [0.1, 0.15) is 44.6 Å². The van der Waals surface area contributed by atoms with Crippen LogP contribution in [0.25, 0.3) is 5.69 Å². The second-order valence-electron chi connectivity index (χ2n) is 10.6. The van der Waals surface area contributed by atoms with Crippen LogP contribution in [0.4, 0.5) is 4.39 Å². The molecule has 3 aromatic carbocycles. The number of benzene rings is 3. The van der Waals surface area contributed by atoms with Crippen LogP contribution in [0.5, 0.6) is 11.5 Å². The molecule has 0 saturated carbocycles. The van der Waals surface area contributed by atoms with Crippen LogP contribution < -0.4 is 14.8 Å². The quantitative estimate of drug-likeness (QED) is 0.167. The van der Waals surface area contributed by atoms with Gasteiger partial charge in [-0.1, -0.05) is 47.7 Å². The lowest BCUT2D eigenvalue weighted by Gasteiger charge is -2.24. The van der Waals surface area contributed by atoms with Crippen molar-refractivity contribution in [2.24, 2.45) is 5.10 Å². The number of nitrogens with one attached hydrogen (secondary N) is 1. The molecule has 47 heavy (non-hydrogen) atoms. The van der Waals surface area contributed by atoms with Gasteiger partial charge in [0.05, 0.1) is 43.1 Å². The fraction of sp³-hybridized carbons (Fsp3) is 0.206. The highest BCUT2D eigenvalue weighted by Crippen LogP contribution is 2.42. The van der Waals surface area contributed by atoms with Gasteiger partial charge in [0, 0.05) is 23.2 Å². The number of thiophene rings is 1. The largest absolute Gasteiger partial charge is 0.493 e. The molecule has 0 aliphatic carbocycles. The number of carbonyl (C=O) groups excluding carboxylic acids is 2. The molecule has 2 aromatic heterocycles. The fourth-order valence-corrected chi connectivity index (χ4v) is 6.89. The molecular weight excluding hydrogens is 640 g/mol. The van der Waals surface area contributed by atoms with Crippen molar-refractivity contribution >= 4 is 40.6 Å². The molecule has 13 heteroatoms. The summed E-state index contributed by atoms with van der Waals surface area (Å²) in [4.78, 5) is 27.8. The van der Waals surface area contributed by atoms with Gasteiger partial charge in [0.1, 0.15) is 5.82 Å². The van der Waals surface area contributed by atoms with E-state index >= 15 is 0 Å². The van der Waals surface area contributed by atoms with E-state index in [0.29, 0.717) is 40.2 Å². The van der Waals surface area contributed by atoms with Gasteiger partial charge in [-0.15, -0.1) is 21.5 Å². The summed E-state index contributed by atoms with van der Waals surface area (Å²) in [6.45, 7) is 1.97. The number of aromatic nitrogens is 3. The Hall–Kier alpha value is -5.01. The van der Waals surface area contributed by atoms with Gasteiger partial charge in [-0.25, -0.2) is 9.40 Å². The zero-order chi connectivity index (χ0) is 32.9. The van der Waals surface area contributed by atoms with Gasteiger partial charge in [0.15, 0.2) is 22.5 Å². The molecule has 1 aliphatic heterocycles. The molecule has 0 saturated heterocycles. The summed E-state index contributed by atoms with van der Waals surface area (Å²) in [6, 6.07) is 22.2. The Kier molecular flexibility index (Phi) is 9.64. The van der Waals surface area contributed by atoms with E-state index in [0.717, 1.165) is 21.7 Å². The van der Waals surface area contributed by atoms with Gasteiger partial charge in [0.2, 0.25) is 0 Å². The zero-order valence-corrected chi connectivity index (χ0v) is 27.5. The summed E-state index contributed by atoms with van der Waals surface area (Å²) in [6.07, 6.45) is 0.497. The number of rotatable bonds is 11. The van der Waals surface area contributed by atoms with E-state index in [-0.39, 0.29) is 24.1 Å². The molecule has 0 bridgehead atoms. The number of nitrogens with zero attached hydrogens (tertiary/aromatic N) is 5. The number of halogens is 1. The lowest BCUT2D eigenvalue weighted by molar-refractivity contribution is -0.130.